The molecule has 2 aromatic heterocycles. The third-order valence-corrected chi connectivity index (χ3v) is 5.90. The summed E-state index contributed by atoms with van der Waals surface area (Å²) >= 11 is 7.93. The third kappa shape index (κ3) is 2.78. The van der Waals surface area contributed by atoms with Gasteiger partial charge in [-0.1, -0.05) is 24.4 Å². The fourth-order valence-corrected chi connectivity index (χ4v) is 4.21. The van der Waals surface area contributed by atoms with E-state index in [-0.39, 0.29) is 6.04 Å². The Bertz CT molecular complexity index is 584. The molecule has 1 saturated carbocycles. The van der Waals surface area contributed by atoms with Crippen molar-refractivity contribution >= 4 is 22.9 Å². The lowest BCUT2D eigenvalue weighted by atomic mass is 10.1. The second-order valence-corrected chi connectivity index (χ2v) is 6.92. The number of nitrogens with zero attached hydrogens (tertiary/aromatic N) is 2. The number of aromatic nitrogens is 2. The molecule has 2 aromatic rings. The van der Waals surface area contributed by atoms with Crippen LogP contribution in [0.5, 0.6) is 0 Å². The monoisotopic (exact) mass is 309 g/mol. The average molecular weight is 310 g/mol. The molecule has 1 aliphatic rings. The maximum absolute atomic E-state index is 6.28. The van der Waals surface area contributed by atoms with Crippen molar-refractivity contribution in [2.24, 2.45) is 5.73 Å². The van der Waals surface area contributed by atoms with E-state index in [1.54, 1.807) is 11.3 Å². The molecule has 1 aliphatic carbocycles. The standard InChI is InChI=1S/C15H20ClN3S/c1-10-9-20-15(14(10)16)13(17)8-11-6-7-19(18-11)12-4-2-3-5-12/h6-7,9,12-13H,2-5,8,17H2,1H3. The van der Waals surface area contributed by atoms with Gasteiger partial charge in [0.15, 0.2) is 0 Å². The van der Waals surface area contributed by atoms with Crippen LogP contribution in [0.15, 0.2) is 17.6 Å². The summed E-state index contributed by atoms with van der Waals surface area (Å²) in [6.07, 6.45) is 8.00. The molecular weight excluding hydrogens is 290 g/mol. The highest BCUT2D eigenvalue weighted by Crippen LogP contribution is 2.33. The minimum Gasteiger partial charge on any atom is -0.323 e. The lowest BCUT2D eigenvalue weighted by Gasteiger charge is -2.10. The van der Waals surface area contributed by atoms with Gasteiger partial charge in [0.1, 0.15) is 0 Å². The summed E-state index contributed by atoms with van der Waals surface area (Å²) in [5, 5.41) is 7.57. The molecule has 108 valence electrons. The highest BCUT2D eigenvalue weighted by molar-refractivity contribution is 7.10. The van der Waals surface area contributed by atoms with Crippen LogP contribution in [0, 0.1) is 6.92 Å². The SMILES string of the molecule is Cc1csc(C(N)Cc2ccn(C3CCCC3)n2)c1Cl. The summed E-state index contributed by atoms with van der Waals surface area (Å²) in [5.74, 6) is 0. The van der Waals surface area contributed by atoms with Crippen molar-refractivity contribution in [3.8, 4) is 0 Å². The first kappa shape index (κ1) is 14.1. The molecule has 0 amide bonds. The average Bonchev–Trinajstić information content (AvgIpc) is 3.12. The molecule has 0 aromatic carbocycles. The van der Waals surface area contributed by atoms with E-state index in [1.165, 1.54) is 25.7 Å². The molecule has 0 spiro atoms. The Kier molecular flexibility index (Phi) is 4.15. The Hall–Kier alpha value is -0.840. The summed E-state index contributed by atoms with van der Waals surface area (Å²) in [4.78, 5) is 1.07. The van der Waals surface area contributed by atoms with Gasteiger partial charge in [0.05, 0.1) is 16.8 Å². The van der Waals surface area contributed by atoms with Gasteiger partial charge in [-0.05, 0) is 36.8 Å². The van der Waals surface area contributed by atoms with Gasteiger partial charge in [0.2, 0.25) is 0 Å². The van der Waals surface area contributed by atoms with Crippen LogP contribution in [0.2, 0.25) is 5.02 Å². The van der Waals surface area contributed by atoms with Gasteiger partial charge in [0, 0.05) is 23.5 Å². The summed E-state index contributed by atoms with van der Waals surface area (Å²) in [5.41, 5.74) is 8.45. The Morgan fingerprint density at radius 2 is 2.25 bits per heavy atom. The third-order valence-electron chi connectivity index (χ3n) is 4.05. The maximum Gasteiger partial charge on any atom is 0.0643 e. The van der Waals surface area contributed by atoms with Gasteiger partial charge in [-0.15, -0.1) is 11.3 Å². The largest absolute Gasteiger partial charge is 0.323 e. The Morgan fingerprint density at radius 1 is 1.50 bits per heavy atom. The van der Waals surface area contributed by atoms with Crippen LogP contribution in [0.3, 0.4) is 0 Å². The molecule has 3 nitrogen and oxygen atoms in total. The quantitative estimate of drug-likeness (QED) is 0.917. The first-order valence-corrected chi connectivity index (χ1v) is 8.44. The molecular formula is C15H20ClN3S. The number of hydrogen-bond donors (Lipinski definition) is 1. The van der Waals surface area contributed by atoms with Gasteiger partial charge in [-0.2, -0.15) is 5.10 Å². The number of thiophene rings is 1. The number of aryl methyl sites for hydroxylation is 1. The van der Waals surface area contributed by atoms with Crippen molar-refractivity contribution < 1.29 is 0 Å². The van der Waals surface area contributed by atoms with E-state index in [2.05, 4.69) is 22.3 Å². The molecule has 20 heavy (non-hydrogen) atoms. The van der Waals surface area contributed by atoms with Crippen LogP contribution in [-0.4, -0.2) is 9.78 Å². The fraction of sp³-hybridized carbons (Fsp3) is 0.533. The van der Waals surface area contributed by atoms with Crippen LogP contribution in [0.25, 0.3) is 0 Å². The van der Waals surface area contributed by atoms with Crippen LogP contribution < -0.4 is 5.73 Å². The first-order valence-electron chi connectivity index (χ1n) is 7.18. The summed E-state index contributed by atoms with van der Waals surface area (Å²) < 4.78 is 2.12. The van der Waals surface area contributed by atoms with Gasteiger partial charge in [0.25, 0.3) is 0 Å². The molecule has 3 rings (SSSR count). The Labute approximate surface area is 128 Å². The molecule has 2 heterocycles. The van der Waals surface area contributed by atoms with Crippen molar-refractivity contribution in [3.63, 3.8) is 0 Å². The van der Waals surface area contributed by atoms with Crippen LogP contribution >= 0.6 is 22.9 Å². The summed E-state index contributed by atoms with van der Waals surface area (Å²) in [6.45, 7) is 2.02. The Balaban J connectivity index is 1.69. The van der Waals surface area contributed by atoms with Crippen molar-refractivity contribution in [2.75, 3.05) is 0 Å². The van der Waals surface area contributed by atoms with E-state index in [1.807, 2.05) is 6.92 Å². The highest BCUT2D eigenvalue weighted by Gasteiger charge is 2.19. The van der Waals surface area contributed by atoms with E-state index in [0.717, 1.165) is 27.6 Å². The molecule has 0 radical (unpaired) electrons. The fourth-order valence-electron chi connectivity index (χ4n) is 2.88. The topological polar surface area (TPSA) is 43.8 Å². The van der Waals surface area contributed by atoms with E-state index in [9.17, 15) is 0 Å². The van der Waals surface area contributed by atoms with Gasteiger partial charge in [-0.3, -0.25) is 4.68 Å². The zero-order valence-corrected chi connectivity index (χ0v) is 13.3. The van der Waals surface area contributed by atoms with Crippen molar-refractivity contribution in [1.82, 2.24) is 9.78 Å². The van der Waals surface area contributed by atoms with Gasteiger partial charge >= 0.3 is 0 Å². The maximum atomic E-state index is 6.28. The van der Waals surface area contributed by atoms with E-state index in [4.69, 9.17) is 22.4 Å². The van der Waals surface area contributed by atoms with Crippen molar-refractivity contribution in [2.45, 2.75) is 51.1 Å². The summed E-state index contributed by atoms with van der Waals surface area (Å²) in [6, 6.07) is 2.62. The zero-order valence-electron chi connectivity index (χ0n) is 11.7. The zero-order chi connectivity index (χ0) is 14.1. The van der Waals surface area contributed by atoms with E-state index < -0.39 is 0 Å². The Morgan fingerprint density at radius 3 is 2.90 bits per heavy atom. The number of nitrogens with two attached hydrogens (primary N) is 1. The van der Waals surface area contributed by atoms with Crippen LogP contribution in [-0.2, 0) is 6.42 Å². The van der Waals surface area contributed by atoms with Gasteiger partial charge < -0.3 is 5.73 Å². The predicted molar refractivity (Wildman–Crippen MR) is 84.4 cm³/mol. The molecule has 2 N–H and O–H groups in total. The van der Waals surface area contributed by atoms with Crippen molar-refractivity contribution in [1.29, 1.82) is 0 Å². The molecule has 0 aliphatic heterocycles. The molecule has 0 saturated heterocycles. The van der Waals surface area contributed by atoms with Crippen LogP contribution in [0.1, 0.15) is 53.9 Å². The smallest absolute Gasteiger partial charge is 0.0643 e. The first-order chi connectivity index (χ1) is 9.65. The molecule has 1 atom stereocenters. The molecule has 1 fully saturated rings. The number of hydrogen-bond acceptors (Lipinski definition) is 3. The minimum atomic E-state index is -0.0619. The van der Waals surface area contributed by atoms with Crippen molar-refractivity contribution in [3.05, 3.63) is 38.8 Å². The minimum absolute atomic E-state index is 0.0619. The number of halogens is 1. The van der Waals surface area contributed by atoms with E-state index in [0.29, 0.717) is 6.04 Å². The van der Waals surface area contributed by atoms with E-state index >= 15 is 0 Å². The van der Waals surface area contributed by atoms with Gasteiger partial charge in [-0.25, -0.2) is 0 Å². The molecule has 5 heteroatoms. The highest BCUT2D eigenvalue weighted by atomic mass is 35.5. The predicted octanol–water partition coefficient (Wildman–Crippen LogP) is 4.26. The lowest BCUT2D eigenvalue weighted by Crippen LogP contribution is -2.13. The van der Waals surface area contributed by atoms with Crippen LogP contribution in [0.4, 0.5) is 0 Å². The normalized spacial score (nSPS) is 17.8. The number of rotatable bonds is 4. The summed E-state index contributed by atoms with van der Waals surface area (Å²) in [7, 11) is 0. The molecule has 0 bridgehead atoms. The second-order valence-electron chi connectivity index (χ2n) is 5.63. The lowest BCUT2D eigenvalue weighted by molar-refractivity contribution is 0.461. The second kappa shape index (κ2) is 5.88. The molecule has 1 unspecified atom stereocenters.